The first-order chi connectivity index (χ1) is 12.3. The highest BCUT2D eigenvalue weighted by Gasteiger charge is 2.17. The molecule has 0 saturated carbocycles. The minimum atomic E-state index is 0.523. The number of ether oxygens (including phenoxy) is 2. The summed E-state index contributed by atoms with van der Waals surface area (Å²) in [6.45, 7) is 1.70. The second-order valence-corrected chi connectivity index (χ2v) is 6.84. The number of hydrogen-bond donors (Lipinski definition) is 0. The molecule has 0 unspecified atom stereocenters. The Kier molecular flexibility index (Phi) is 4.76. The first kappa shape index (κ1) is 16.2. The lowest BCUT2D eigenvalue weighted by Gasteiger charge is -2.20. The quantitative estimate of drug-likeness (QED) is 0.637. The molecule has 0 saturated heterocycles. The second-order valence-electron chi connectivity index (χ2n) is 5.50. The van der Waals surface area contributed by atoms with E-state index in [0.29, 0.717) is 42.0 Å². The first-order valence-corrected chi connectivity index (χ1v) is 9.17. The lowest BCUT2D eigenvalue weighted by Crippen LogP contribution is -2.15. The fourth-order valence-corrected chi connectivity index (χ4v) is 3.65. The third-order valence-corrected chi connectivity index (χ3v) is 5.01. The van der Waals surface area contributed by atoms with Crippen molar-refractivity contribution in [3.63, 3.8) is 0 Å². The van der Waals surface area contributed by atoms with Crippen molar-refractivity contribution in [1.29, 1.82) is 0 Å². The van der Waals surface area contributed by atoms with Gasteiger partial charge in [0, 0.05) is 5.75 Å². The smallest absolute Gasteiger partial charge is 0.209 e. The molecule has 3 aromatic rings. The molecule has 0 radical (unpaired) electrons. The zero-order valence-corrected chi connectivity index (χ0v) is 14.8. The van der Waals surface area contributed by atoms with E-state index in [1.807, 2.05) is 30.3 Å². The zero-order valence-electron chi connectivity index (χ0n) is 13.3. The standard InChI is InChI=1S/C17H15ClN4O2S/c18-14-8-13(9-15-16(14)24-7-6-23-15)11-25-17-19-20-21-22(17)10-12-4-2-1-3-5-12/h1-5,8-9H,6-7,10-11H2. The summed E-state index contributed by atoms with van der Waals surface area (Å²) in [6, 6.07) is 14.0. The van der Waals surface area contributed by atoms with E-state index in [0.717, 1.165) is 16.3 Å². The monoisotopic (exact) mass is 374 g/mol. The van der Waals surface area contributed by atoms with Crippen LogP contribution in [0.2, 0.25) is 5.02 Å². The van der Waals surface area contributed by atoms with Crippen molar-refractivity contribution in [2.75, 3.05) is 13.2 Å². The molecule has 1 aromatic heterocycles. The van der Waals surface area contributed by atoms with Crippen LogP contribution in [0.3, 0.4) is 0 Å². The Hall–Kier alpha value is -2.25. The number of halogens is 1. The number of thioether (sulfide) groups is 1. The summed E-state index contributed by atoms with van der Waals surface area (Å²) in [5, 5.41) is 13.3. The molecule has 0 bridgehead atoms. The largest absolute Gasteiger partial charge is 0.486 e. The second kappa shape index (κ2) is 7.33. The SMILES string of the molecule is Clc1cc(CSc2nnnn2Cc2ccccc2)cc2c1OCCO2. The predicted octanol–water partition coefficient (Wildman–Crippen LogP) is 3.44. The van der Waals surface area contributed by atoms with Crippen LogP contribution in [-0.2, 0) is 12.3 Å². The Bertz CT molecular complexity index is 872. The minimum Gasteiger partial charge on any atom is -0.486 e. The molecule has 4 rings (SSSR count). The summed E-state index contributed by atoms with van der Waals surface area (Å²) in [6.07, 6.45) is 0. The topological polar surface area (TPSA) is 62.1 Å². The van der Waals surface area contributed by atoms with Gasteiger partial charge in [-0.05, 0) is 33.7 Å². The van der Waals surface area contributed by atoms with E-state index in [2.05, 4.69) is 27.7 Å². The Labute approximate surface area is 154 Å². The molecular formula is C17H15ClN4O2S. The molecule has 0 N–H and O–H groups in total. The number of aromatic nitrogens is 4. The molecule has 0 amide bonds. The fraction of sp³-hybridized carbons (Fsp3) is 0.235. The maximum absolute atomic E-state index is 6.29. The molecule has 25 heavy (non-hydrogen) atoms. The molecule has 6 nitrogen and oxygen atoms in total. The summed E-state index contributed by atoms with van der Waals surface area (Å²) < 4.78 is 13.0. The maximum atomic E-state index is 6.29. The van der Waals surface area contributed by atoms with Gasteiger partial charge in [-0.25, -0.2) is 4.68 Å². The van der Waals surface area contributed by atoms with Crippen LogP contribution in [0, 0.1) is 0 Å². The zero-order chi connectivity index (χ0) is 17.1. The van der Waals surface area contributed by atoms with Crippen molar-refractivity contribution in [2.24, 2.45) is 0 Å². The third kappa shape index (κ3) is 3.72. The van der Waals surface area contributed by atoms with Crippen LogP contribution < -0.4 is 9.47 Å². The van der Waals surface area contributed by atoms with Crippen LogP contribution in [-0.4, -0.2) is 33.4 Å². The van der Waals surface area contributed by atoms with Gasteiger partial charge >= 0.3 is 0 Å². The number of tetrazole rings is 1. The van der Waals surface area contributed by atoms with Gasteiger partial charge < -0.3 is 9.47 Å². The summed E-state index contributed by atoms with van der Waals surface area (Å²) >= 11 is 7.84. The highest BCUT2D eigenvalue weighted by Crippen LogP contribution is 2.39. The summed E-state index contributed by atoms with van der Waals surface area (Å²) in [4.78, 5) is 0. The van der Waals surface area contributed by atoms with Crippen LogP contribution >= 0.6 is 23.4 Å². The van der Waals surface area contributed by atoms with Crippen molar-refractivity contribution in [3.8, 4) is 11.5 Å². The van der Waals surface area contributed by atoms with E-state index in [-0.39, 0.29) is 0 Å². The normalized spacial score (nSPS) is 13.0. The van der Waals surface area contributed by atoms with Crippen LogP contribution in [0.1, 0.15) is 11.1 Å². The predicted molar refractivity (Wildman–Crippen MR) is 95.4 cm³/mol. The molecule has 0 aliphatic carbocycles. The molecule has 1 aliphatic rings. The van der Waals surface area contributed by atoms with E-state index in [4.69, 9.17) is 21.1 Å². The highest BCUT2D eigenvalue weighted by atomic mass is 35.5. The van der Waals surface area contributed by atoms with Crippen LogP contribution in [0.15, 0.2) is 47.6 Å². The van der Waals surface area contributed by atoms with Crippen LogP contribution in [0.5, 0.6) is 11.5 Å². The lowest BCUT2D eigenvalue weighted by molar-refractivity contribution is 0.171. The third-order valence-electron chi connectivity index (χ3n) is 3.70. The average Bonchev–Trinajstić information content (AvgIpc) is 3.08. The van der Waals surface area contributed by atoms with Gasteiger partial charge in [-0.15, -0.1) is 5.10 Å². The average molecular weight is 375 g/mol. The van der Waals surface area contributed by atoms with Gasteiger partial charge in [0.05, 0.1) is 11.6 Å². The van der Waals surface area contributed by atoms with Gasteiger partial charge in [-0.3, -0.25) is 0 Å². The van der Waals surface area contributed by atoms with Gasteiger partial charge in [0.2, 0.25) is 5.16 Å². The van der Waals surface area contributed by atoms with E-state index in [1.165, 1.54) is 0 Å². The number of nitrogens with zero attached hydrogens (tertiary/aromatic N) is 4. The van der Waals surface area contributed by atoms with Crippen molar-refractivity contribution in [2.45, 2.75) is 17.5 Å². The molecule has 8 heteroatoms. The Morgan fingerprint density at radius 1 is 1.08 bits per heavy atom. The van der Waals surface area contributed by atoms with E-state index in [9.17, 15) is 0 Å². The molecule has 0 fully saturated rings. The van der Waals surface area contributed by atoms with Crippen molar-refractivity contribution in [3.05, 3.63) is 58.6 Å². The van der Waals surface area contributed by atoms with Crippen LogP contribution in [0.4, 0.5) is 0 Å². The molecule has 2 heterocycles. The van der Waals surface area contributed by atoms with E-state index >= 15 is 0 Å². The van der Waals surface area contributed by atoms with Crippen molar-refractivity contribution < 1.29 is 9.47 Å². The summed E-state index contributed by atoms with van der Waals surface area (Å²) in [7, 11) is 0. The molecule has 0 spiro atoms. The van der Waals surface area contributed by atoms with Gasteiger partial charge in [0.1, 0.15) is 13.2 Å². The molecular weight excluding hydrogens is 360 g/mol. The van der Waals surface area contributed by atoms with E-state index < -0.39 is 0 Å². The number of hydrogen-bond acceptors (Lipinski definition) is 6. The molecule has 1 aliphatic heterocycles. The maximum Gasteiger partial charge on any atom is 0.209 e. The van der Waals surface area contributed by atoms with E-state index in [1.54, 1.807) is 16.4 Å². The van der Waals surface area contributed by atoms with Gasteiger partial charge in [-0.1, -0.05) is 53.7 Å². The van der Waals surface area contributed by atoms with Gasteiger partial charge in [-0.2, -0.15) is 0 Å². The van der Waals surface area contributed by atoms with Gasteiger partial charge in [0.15, 0.2) is 11.5 Å². The van der Waals surface area contributed by atoms with Crippen molar-refractivity contribution >= 4 is 23.4 Å². The molecule has 2 aromatic carbocycles. The van der Waals surface area contributed by atoms with Gasteiger partial charge in [0.25, 0.3) is 0 Å². The molecule has 0 atom stereocenters. The minimum absolute atomic E-state index is 0.523. The number of fused-ring (bicyclic) bond motifs is 1. The first-order valence-electron chi connectivity index (χ1n) is 7.80. The Morgan fingerprint density at radius 2 is 1.92 bits per heavy atom. The van der Waals surface area contributed by atoms with Crippen molar-refractivity contribution in [1.82, 2.24) is 20.2 Å². The lowest BCUT2D eigenvalue weighted by atomic mass is 10.2. The number of benzene rings is 2. The van der Waals surface area contributed by atoms with Crippen LogP contribution in [0.25, 0.3) is 0 Å². The summed E-state index contributed by atoms with van der Waals surface area (Å²) in [5.41, 5.74) is 2.19. The Balaban J connectivity index is 1.47. The summed E-state index contributed by atoms with van der Waals surface area (Å²) in [5.74, 6) is 2.00. The number of rotatable bonds is 5. The fourth-order valence-electron chi connectivity index (χ4n) is 2.55. The highest BCUT2D eigenvalue weighted by molar-refractivity contribution is 7.98. The Morgan fingerprint density at radius 3 is 2.80 bits per heavy atom. The molecule has 128 valence electrons.